The maximum Gasteiger partial charge on any atom is 0.187 e. The first-order valence-electron chi connectivity index (χ1n) is 9.50. The Bertz CT molecular complexity index is 1020. The Labute approximate surface area is 179 Å². The molecule has 0 aliphatic heterocycles. The molecular formula is C23H24N3OS2+. The van der Waals surface area contributed by atoms with Crippen LogP contribution < -0.4 is 15.4 Å². The van der Waals surface area contributed by atoms with Gasteiger partial charge in [0.15, 0.2) is 5.13 Å². The van der Waals surface area contributed by atoms with Crippen LogP contribution >= 0.6 is 22.7 Å². The Kier molecular flexibility index (Phi) is 6.24. The van der Waals surface area contributed by atoms with Crippen LogP contribution in [0.25, 0.3) is 0 Å². The standard InChI is InChI=1S/C23H23N3OS2/c1-16-5-7-17(8-6-16)22(21-4-3-13-28-21)24-14-19-15-29-23(26-19)25-18-9-11-20(27-2)12-10-18/h3-13,15,22,24H,14H2,1-2H3,(H,25,26)/p+1/t22-/m1/s1. The third kappa shape index (κ3) is 5.03. The van der Waals surface area contributed by atoms with Crippen LogP contribution in [0.5, 0.6) is 5.75 Å². The second kappa shape index (κ2) is 9.22. The van der Waals surface area contributed by atoms with Crippen molar-refractivity contribution in [1.29, 1.82) is 0 Å². The van der Waals surface area contributed by atoms with E-state index in [4.69, 9.17) is 9.72 Å². The van der Waals surface area contributed by atoms with Crippen LogP contribution in [0.3, 0.4) is 0 Å². The van der Waals surface area contributed by atoms with Gasteiger partial charge in [-0.15, -0.1) is 22.7 Å². The summed E-state index contributed by atoms with van der Waals surface area (Å²) in [5, 5.41) is 10.9. The van der Waals surface area contributed by atoms with Gasteiger partial charge in [0.1, 0.15) is 24.0 Å². The highest BCUT2D eigenvalue weighted by Gasteiger charge is 2.19. The predicted octanol–water partition coefficient (Wildman–Crippen LogP) is 5.12. The molecule has 2 aromatic heterocycles. The molecule has 29 heavy (non-hydrogen) atoms. The molecule has 2 heterocycles. The van der Waals surface area contributed by atoms with Gasteiger partial charge in [0.25, 0.3) is 0 Å². The van der Waals surface area contributed by atoms with Crippen molar-refractivity contribution in [3.05, 3.63) is 93.1 Å². The predicted molar refractivity (Wildman–Crippen MR) is 121 cm³/mol. The zero-order valence-electron chi connectivity index (χ0n) is 16.5. The number of ether oxygens (including phenoxy) is 1. The summed E-state index contributed by atoms with van der Waals surface area (Å²) in [4.78, 5) is 6.12. The number of nitrogens with two attached hydrogens (primary N) is 1. The molecule has 0 spiro atoms. The number of benzene rings is 2. The van der Waals surface area contributed by atoms with E-state index < -0.39 is 0 Å². The molecule has 0 bridgehead atoms. The number of aromatic nitrogens is 1. The number of methoxy groups -OCH3 is 1. The summed E-state index contributed by atoms with van der Waals surface area (Å²) in [6.45, 7) is 2.96. The molecule has 6 heteroatoms. The zero-order chi connectivity index (χ0) is 20.1. The molecule has 0 aliphatic rings. The third-order valence-corrected chi connectivity index (χ3v) is 6.50. The van der Waals surface area contributed by atoms with Gasteiger partial charge in [0.05, 0.1) is 12.0 Å². The van der Waals surface area contributed by atoms with E-state index >= 15 is 0 Å². The SMILES string of the molecule is COc1ccc(Nc2nc(C[NH2+][C@H](c3ccc(C)cc3)c3cccs3)cs2)cc1. The van der Waals surface area contributed by atoms with Gasteiger partial charge in [0, 0.05) is 16.6 Å². The van der Waals surface area contributed by atoms with Gasteiger partial charge < -0.3 is 15.4 Å². The topological polar surface area (TPSA) is 50.8 Å². The lowest BCUT2D eigenvalue weighted by Gasteiger charge is -2.14. The van der Waals surface area contributed by atoms with Crippen LogP contribution in [-0.2, 0) is 6.54 Å². The first-order chi connectivity index (χ1) is 14.2. The van der Waals surface area contributed by atoms with Crippen LogP contribution in [0, 0.1) is 6.92 Å². The average Bonchev–Trinajstić information content (AvgIpc) is 3.43. The maximum absolute atomic E-state index is 5.21. The molecule has 148 valence electrons. The summed E-state index contributed by atoms with van der Waals surface area (Å²) in [5.41, 5.74) is 4.70. The largest absolute Gasteiger partial charge is 0.497 e. The van der Waals surface area contributed by atoms with Gasteiger partial charge in [-0.1, -0.05) is 35.9 Å². The summed E-state index contributed by atoms with van der Waals surface area (Å²) in [7, 11) is 1.67. The van der Waals surface area contributed by atoms with Gasteiger partial charge in [-0.05, 0) is 42.6 Å². The van der Waals surface area contributed by atoms with E-state index in [2.05, 4.69) is 64.7 Å². The van der Waals surface area contributed by atoms with Crippen LogP contribution in [0.4, 0.5) is 10.8 Å². The molecule has 0 amide bonds. The number of thiazole rings is 1. The van der Waals surface area contributed by atoms with Crippen molar-refractivity contribution in [2.45, 2.75) is 19.5 Å². The number of nitrogens with zero attached hydrogens (tertiary/aromatic N) is 1. The van der Waals surface area contributed by atoms with E-state index in [0.29, 0.717) is 0 Å². The van der Waals surface area contributed by atoms with Crippen LogP contribution in [0.2, 0.25) is 0 Å². The third-order valence-electron chi connectivity index (χ3n) is 4.74. The molecule has 4 nitrogen and oxygen atoms in total. The van der Waals surface area contributed by atoms with Crippen LogP contribution in [0.15, 0.2) is 71.4 Å². The number of quaternary nitrogens is 1. The Balaban J connectivity index is 1.43. The number of thiophene rings is 1. The van der Waals surface area contributed by atoms with E-state index in [-0.39, 0.29) is 6.04 Å². The van der Waals surface area contributed by atoms with Crippen molar-refractivity contribution in [1.82, 2.24) is 4.98 Å². The van der Waals surface area contributed by atoms with Crippen LogP contribution in [0.1, 0.15) is 27.7 Å². The van der Waals surface area contributed by atoms with Crippen molar-refractivity contribution in [3.63, 3.8) is 0 Å². The van der Waals surface area contributed by atoms with Gasteiger partial charge in [-0.2, -0.15) is 0 Å². The Hall–Kier alpha value is -2.67. The fraction of sp³-hybridized carbons (Fsp3) is 0.174. The Morgan fingerprint density at radius 3 is 2.52 bits per heavy atom. The highest BCUT2D eigenvalue weighted by Crippen LogP contribution is 2.25. The molecule has 1 atom stereocenters. The molecule has 3 N–H and O–H groups in total. The van der Waals surface area contributed by atoms with E-state index in [1.54, 1.807) is 29.8 Å². The smallest absolute Gasteiger partial charge is 0.187 e. The Morgan fingerprint density at radius 1 is 1.03 bits per heavy atom. The van der Waals surface area contributed by atoms with E-state index in [1.165, 1.54) is 16.0 Å². The minimum Gasteiger partial charge on any atom is -0.497 e. The van der Waals surface area contributed by atoms with Gasteiger partial charge in [-0.25, -0.2) is 4.98 Å². The van der Waals surface area contributed by atoms with Crippen molar-refractivity contribution in [2.24, 2.45) is 0 Å². The minimum absolute atomic E-state index is 0.287. The van der Waals surface area contributed by atoms with Gasteiger partial charge in [0.2, 0.25) is 0 Å². The number of hydrogen-bond donors (Lipinski definition) is 2. The van der Waals surface area contributed by atoms with Crippen LogP contribution in [-0.4, -0.2) is 12.1 Å². The Morgan fingerprint density at radius 2 is 1.83 bits per heavy atom. The second-order valence-electron chi connectivity index (χ2n) is 6.84. The summed E-state index contributed by atoms with van der Waals surface area (Å²) < 4.78 is 5.21. The number of anilines is 2. The molecule has 0 saturated heterocycles. The van der Waals surface area contributed by atoms with Crippen molar-refractivity contribution in [2.75, 3.05) is 12.4 Å². The molecule has 0 unspecified atom stereocenters. The minimum atomic E-state index is 0.287. The molecule has 0 radical (unpaired) electrons. The monoisotopic (exact) mass is 422 g/mol. The molecule has 0 aliphatic carbocycles. The highest BCUT2D eigenvalue weighted by molar-refractivity contribution is 7.13. The van der Waals surface area contributed by atoms with E-state index in [9.17, 15) is 0 Å². The maximum atomic E-state index is 5.21. The quantitative estimate of drug-likeness (QED) is 0.414. The van der Waals surface area contributed by atoms with Gasteiger partial charge >= 0.3 is 0 Å². The lowest BCUT2D eigenvalue weighted by Crippen LogP contribution is -2.83. The molecular weight excluding hydrogens is 398 g/mol. The van der Waals surface area contributed by atoms with E-state index in [1.807, 2.05) is 24.3 Å². The molecule has 0 saturated carbocycles. The van der Waals surface area contributed by atoms with Crippen molar-refractivity contribution < 1.29 is 10.1 Å². The molecule has 0 fully saturated rings. The average molecular weight is 423 g/mol. The van der Waals surface area contributed by atoms with Crippen molar-refractivity contribution in [3.8, 4) is 5.75 Å². The number of nitrogens with one attached hydrogen (secondary N) is 1. The molecule has 4 rings (SSSR count). The van der Waals surface area contributed by atoms with E-state index in [0.717, 1.165) is 28.8 Å². The summed E-state index contributed by atoms with van der Waals surface area (Å²) >= 11 is 3.43. The molecule has 2 aromatic carbocycles. The zero-order valence-corrected chi connectivity index (χ0v) is 18.1. The summed E-state index contributed by atoms with van der Waals surface area (Å²) in [5.74, 6) is 0.848. The molecule has 4 aromatic rings. The lowest BCUT2D eigenvalue weighted by molar-refractivity contribution is -0.702. The first kappa shape index (κ1) is 19.6. The highest BCUT2D eigenvalue weighted by atomic mass is 32.1. The summed E-state index contributed by atoms with van der Waals surface area (Å²) in [6, 6.07) is 21.3. The normalized spacial score (nSPS) is 11.9. The first-order valence-corrected chi connectivity index (χ1v) is 11.3. The fourth-order valence-electron chi connectivity index (χ4n) is 3.15. The summed E-state index contributed by atoms with van der Waals surface area (Å²) in [6.07, 6.45) is 0. The second-order valence-corrected chi connectivity index (χ2v) is 8.68. The van der Waals surface area contributed by atoms with Gasteiger partial charge in [-0.3, -0.25) is 0 Å². The number of rotatable bonds is 8. The van der Waals surface area contributed by atoms with Crippen molar-refractivity contribution >= 4 is 33.5 Å². The lowest BCUT2D eigenvalue weighted by atomic mass is 10.0. The number of hydrogen-bond acceptors (Lipinski definition) is 5. The fourth-order valence-corrected chi connectivity index (χ4v) is 4.75. The number of aryl methyl sites for hydroxylation is 1.